The predicted octanol–water partition coefficient (Wildman–Crippen LogP) is 0.748. The fourth-order valence-corrected chi connectivity index (χ4v) is 1.53. The topological polar surface area (TPSA) is 16.1 Å². The third-order valence-electron chi connectivity index (χ3n) is 2.64. The Morgan fingerprint density at radius 3 is 2.79 bits per heavy atom. The van der Waals surface area contributed by atoms with Gasteiger partial charge in [-0.2, -0.15) is 0 Å². The summed E-state index contributed by atoms with van der Waals surface area (Å²) in [5, 5.41) is 0. The Morgan fingerprint density at radius 1 is 1.64 bits per heavy atom. The first-order valence-corrected chi connectivity index (χ1v) is 4.91. The zero-order chi connectivity index (χ0) is 10.7. The fourth-order valence-electron chi connectivity index (χ4n) is 1.53. The molecule has 0 radical (unpaired) electrons. The van der Waals surface area contributed by atoms with Crippen molar-refractivity contribution in [2.75, 3.05) is 18.5 Å². The lowest BCUT2D eigenvalue weighted by atomic mass is 9.90. The molecule has 1 rings (SSSR count). The summed E-state index contributed by atoms with van der Waals surface area (Å²) >= 11 is 0. The molecule has 0 bridgehead atoms. The second kappa shape index (κ2) is 4.31. The highest BCUT2D eigenvalue weighted by Gasteiger charge is 2.09. The van der Waals surface area contributed by atoms with Crippen LogP contribution in [0.2, 0.25) is 0 Å². The molecule has 14 heavy (non-hydrogen) atoms. The van der Waals surface area contributed by atoms with Gasteiger partial charge in [0.15, 0.2) is 0 Å². The Morgan fingerprint density at radius 2 is 2.29 bits per heavy atom. The predicted molar refractivity (Wildman–Crippen MR) is 66.2 cm³/mol. The number of aromatic nitrogens is 1. The van der Waals surface area contributed by atoms with Gasteiger partial charge in [-0.15, -0.1) is 0 Å². The average Bonchev–Trinajstić information content (AvgIpc) is 2.20. The van der Waals surface area contributed by atoms with E-state index in [1.54, 1.807) is 0 Å². The molecular formula is C11H17BN2. The normalized spacial score (nSPS) is 9.93. The third-order valence-corrected chi connectivity index (χ3v) is 2.64. The first-order chi connectivity index (χ1) is 6.61. The van der Waals surface area contributed by atoms with E-state index < -0.39 is 0 Å². The highest BCUT2D eigenvalue weighted by Crippen LogP contribution is 2.17. The number of pyridine rings is 1. The smallest absolute Gasteiger partial charge is 0.144 e. The summed E-state index contributed by atoms with van der Waals surface area (Å²) in [6.07, 6.45) is 3.75. The summed E-state index contributed by atoms with van der Waals surface area (Å²) in [7, 11) is 4.20. The Hall–Kier alpha value is -1.25. The van der Waals surface area contributed by atoms with Gasteiger partial charge in [-0.3, -0.25) is 4.98 Å². The number of hydrogen-bond acceptors (Lipinski definition) is 2. The van der Waals surface area contributed by atoms with Crippen LogP contribution in [0.15, 0.2) is 12.8 Å². The van der Waals surface area contributed by atoms with E-state index in [4.69, 9.17) is 0 Å². The largest absolute Gasteiger partial charge is 0.375 e. The van der Waals surface area contributed by atoms with E-state index in [1.807, 2.05) is 19.2 Å². The maximum absolute atomic E-state index is 4.33. The van der Waals surface area contributed by atoms with Crippen molar-refractivity contribution in [2.45, 2.75) is 13.8 Å². The lowest BCUT2D eigenvalue weighted by Crippen LogP contribution is -2.26. The van der Waals surface area contributed by atoms with E-state index in [2.05, 4.69) is 38.3 Å². The van der Waals surface area contributed by atoms with Gasteiger partial charge in [0.1, 0.15) is 7.85 Å². The first kappa shape index (κ1) is 10.8. The zero-order valence-corrected chi connectivity index (χ0v) is 9.46. The van der Waals surface area contributed by atoms with Crippen molar-refractivity contribution in [3.05, 3.63) is 24.0 Å². The van der Waals surface area contributed by atoms with Crippen LogP contribution >= 0.6 is 0 Å². The van der Waals surface area contributed by atoms with Crippen LogP contribution in [0.3, 0.4) is 0 Å². The zero-order valence-electron chi connectivity index (χ0n) is 9.46. The van der Waals surface area contributed by atoms with Crippen molar-refractivity contribution in [1.82, 2.24) is 4.98 Å². The molecule has 1 aromatic rings. The Balaban J connectivity index is 3.34. The lowest BCUT2D eigenvalue weighted by molar-refractivity contribution is 0.965. The van der Waals surface area contributed by atoms with Crippen molar-refractivity contribution >= 4 is 25.1 Å². The molecule has 2 nitrogen and oxygen atoms in total. The second-order valence-electron chi connectivity index (χ2n) is 3.49. The minimum Gasteiger partial charge on any atom is -0.375 e. The summed E-state index contributed by atoms with van der Waals surface area (Å²) in [6.45, 7) is 8.98. The van der Waals surface area contributed by atoms with E-state index in [0.717, 1.165) is 17.8 Å². The summed E-state index contributed by atoms with van der Waals surface area (Å²) in [5.41, 5.74) is 4.69. The average molecular weight is 188 g/mol. The van der Waals surface area contributed by atoms with E-state index in [9.17, 15) is 0 Å². The lowest BCUT2D eigenvalue weighted by Gasteiger charge is -2.22. The summed E-state index contributed by atoms with van der Waals surface area (Å²) in [6, 6.07) is 0. The molecule has 0 aromatic carbocycles. The molecule has 0 saturated heterocycles. The van der Waals surface area contributed by atoms with E-state index in [-0.39, 0.29) is 0 Å². The maximum Gasteiger partial charge on any atom is 0.144 e. The third kappa shape index (κ3) is 1.81. The van der Waals surface area contributed by atoms with Gasteiger partial charge in [-0.05, 0) is 19.3 Å². The van der Waals surface area contributed by atoms with Crippen molar-refractivity contribution < 1.29 is 0 Å². The van der Waals surface area contributed by atoms with Gasteiger partial charge < -0.3 is 4.90 Å². The molecular weight excluding hydrogens is 171 g/mol. The van der Waals surface area contributed by atoms with Gasteiger partial charge in [0.25, 0.3) is 0 Å². The van der Waals surface area contributed by atoms with E-state index >= 15 is 0 Å². The molecule has 0 saturated carbocycles. The van der Waals surface area contributed by atoms with Crippen molar-refractivity contribution in [1.29, 1.82) is 0 Å². The minimum absolute atomic E-state index is 0.991. The van der Waals surface area contributed by atoms with Crippen LogP contribution in [0.4, 0.5) is 5.69 Å². The highest BCUT2D eigenvalue weighted by atomic mass is 15.1. The molecule has 0 aliphatic rings. The van der Waals surface area contributed by atoms with Gasteiger partial charge in [0, 0.05) is 36.7 Å². The molecule has 74 valence electrons. The molecule has 0 amide bonds. The highest BCUT2D eigenvalue weighted by molar-refractivity contribution is 6.37. The summed E-state index contributed by atoms with van der Waals surface area (Å²) in [5.74, 6) is 0. The van der Waals surface area contributed by atoms with Crippen molar-refractivity contribution in [2.24, 2.45) is 0 Å². The molecule has 0 fully saturated rings. The molecule has 0 spiro atoms. The van der Waals surface area contributed by atoms with Crippen molar-refractivity contribution in [3.8, 4) is 0 Å². The number of rotatable bonds is 3. The monoisotopic (exact) mass is 188 g/mol. The van der Waals surface area contributed by atoms with Crippen LogP contribution in [0.1, 0.15) is 18.2 Å². The van der Waals surface area contributed by atoms with E-state index in [0.29, 0.717) is 0 Å². The Bertz CT molecular complexity index is 347. The molecule has 1 heterocycles. The molecule has 0 unspecified atom stereocenters. The maximum atomic E-state index is 4.33. The minimum atomic E-state index is 0.991. The number of anilines is 1. The standard InChI is InChI=1S/C11H17BN2/c1-5-9-7-13-8(3)10(12)11(9)14(4)6-2/h5,7H,1,6,12H2,2-4H3. The van der Waals surface area contributed by atoms with Gasteiger partial charge in [0.05, 0.1) is 0 Å². The van der Waals surface area contributed by atoms with Crippen LogP contribution in [-0.4, -0.2) is 26.4 Å². The molecule has 0 N–H and O–H groups in total. The van der Waals surface area contributed by atoms with Crippen LogP contribution < -0.4 is 10.4 Å². The fraction of sp³-hybridized carbons (Fsp3) is 0.364. The van der Waals surface area contributed by atoms with Gasteiger partial charge in [0.2, 0.25) is 0 Å². The van der Waals surface area contributed by atoms with E-state index in [1.165, 1.54) is 11.2 Å². The van der Waals surface area contributed by atoms with Gasteiger partial charge in [-0.25, -0.2) is 0 Å². The van der Waals surface area contributed by atoms with Crippen LogP contribution in [0, 0.1) is 6.92 Å². The number of nitrogens with zero attached hydrogens (tertiary/aromatic N) is 2. The van der Waals surface area contributed by atoms with Crippen LogP contribution in [-0.2, 0) is 0 Å². The number of hydrogen-bond donors (Lipinski definition) is 0. The quantitative estimate of drug-likeness (QED) is 0.650. The Kier molecular flexibility index (Phi) is 3.34. The Labute approximate surface area is 87.1 Å². The van der Waals surface area contributed by atoms with Crippen LogP contribution in [0.25, 0.3) is 6.08 Å². The SMILES string of the molecule is Bc1c(C)ncc(C=C)c1N(C)CC. The molecule has 0 aliphatic carbocycles. The van der Waals surface area contributed by atoms with Crippen LogP contribution in [0.5, 0.6) is 0 Å². The summed E-state index contributed by atoms with van der Waals surface area (Å²) in [4.78, 5) is 6.55. The molecule has 3 heteroatoms. The van der Waals surface area contributed by atoms with Gasteiger partial charge in [-0.1, -0.05) is 12.7 Å². The molecule has 0 atom stereocenters. The summed E-state index contributed by atoms with van der Waals surface area (Å²) < 4.78 is 0. The number of aryl methyl sites for hydroxylation is 1. The molecule has 1 aromatic heterocycles. The molecule has 0 aliphatic heterocycles. The second-order valence-corrected chi connectivity index (χ2v) is 3.49. The van der Waals surface area contributed by atoms with Crippen molar-refractivity contribution in [3.63, 3.8) is 0 Å². The van der Waals surface area contributed by atoms with Gasteiger partial charge >= 0.3 is 0 Å². The first-order valence-electron chi connectivity index (χ1n) is 4.91.